The van der Waals surface area contributed by atoms with Crippen LogP contribution in [0.2, 0.25) is 0 Å². The van der Waals surface area contributed by atoms with Crippen LogP contribution < -0.4 is 4.74 Å². The Balaban J connectivity index is 1.58. The van der Waals surface area contributed by atoms with E-state index in [4.69, 9.17) is 4.74 Å². The molecule has 1 atom stereocenters. The lowest BCUT2D eigenvalue weighted by molar-refractivity contribution is -0.118. The number of para-hydroxylation sites is 1. The van der Waals surface area contributed by atoms with Crippen LogP contribution in [0.4, 0.5) is 0 Å². The number of allylic oxidation sites excluding steroid dienone is 4. The van der Waals surface area contributed by atoms with Crippen LogP contribution in [0.1, 0.15) is 44.2 Å². The van der Waals surface area contributed by atoms with Crippen LogP contribution in [0, 0.1) is 5.92 Å². The number of ether oxygens (including phenoxy) is 1. The molecular formula is C25H28O2. The van der Waals surface area contributed by atoms with Gasteiger partial charge < -0.3 is 4.74 Å². The van der Waals surface area contributed by atoms with Gasteiger partial charge in [0.15, 0.2) is 0 Å². The van der Waals surface area contributed by atoms with Gasteiger partial charge in [-0.25, -0.2) is 0 Å². The zero-order chi connectivity index (χ0) is 19.1. The van der Waals surface area contributed by atoms with Gasteiger partial charge >= 0.3 is 0 Å². The summed E-state index contributed by atoms with van der Waals surface area (Å²) in [4.78, 5) is 12.6. The molecule has 0 aromatic heterocycles. The highest BCUT2D eigenvalue weighted by Crippen LogP contribution is 2.38. The maximum absolute atomic E-state index is 12.6. The van der Waals surface area contributed by atoms with E-state index >= 15 is 0 Å². The van der Waals surface area contributed by atoms with Crippen molar-refractivity contribution in [2.24, 2.45) is 5.92 Å². The third kappa shape index (κ3) is 4.77. The maximum atomic E-state index is 12.6. The normalized spacial score (nSPS) is 16.0. The van der Waals surface area contributed by atoms with Crippen molar-refractivity contribution in [2.45, 2.75) is 39.5 Å². The molecule has 0 amide bonds. The molecule has 0 saturated heterocycles. The van der Waals surface area contributed by atoms with Crippen molar-refractivity contribution in [1.29, 1.82) is 0 Å². The fourth-order valence-electron chi connectivity index (χ4n) is 3.83. The van der Waals surface area contributed by atoms with Gasteiger partial charge in [-0.15, -0.1) is 0 Å². The molecule has 27 heavy (non-hydrogen) atoms. The molecular weight excluding hydrogens is 332 g/mol. The highest BCUT2D eigenvalue weighted by atomic mass is 16.5. The summed E-state index contributed by atoms with van der Waals surface area (Å²) < 4.78 is 5.64. The van der Waals surface area contributed by atoms with Crippen LogP contribution in [-0.4, -0.2) is 12.4 Å². The minimum atomic E-state index is 0.270. The summed E-state index contributed by atoms with van der Waals surface area (Å²) in [5.74, 6) is 1.52. The Morgan fingerprint density at radius 1 is 0.963 bits per heavy atom. The van der Waals surface area contributed by atoms with Crippen LogP contribution in [-0.2, 0) is 11.2 Å². The van der Waals surface area contributed by atoms with Crippen LogP contribution in [0.15, 0.2) is 72.3 Å². The van der Waals surface area contributed by atoms with E-state index < -0.39 is 0 Å². The van der Waals surface area contributed by atoms with Crippen LogP contribution in [0.3, 0.4) is 0 Å². The fraction of sp³-hybridized carbons (Fsp3) is 0.320. The third-order valence-corrected chi connectivity index (χ3v) is 5.17. The lowest BCUT2D eigenvalue weighted by atomic mass is 9.86. The highest BCUT2D eigenvalue weighted by molar-refractivity contribution is 5.82. The second kappa shape index (κ2) is 9.36. The summed E-state index contributed by atoms with van der Waals surface area (Å²) in [5, 5.41) is 0. The standard InChI is InChI=1S/C25H28O2/c1-3-23-20(15-17-24(23)19-10-6-5-7-11-19)14-16-22(26)18-21-12-8-9-13-25(21)27-4-2/h5-13,15,17,23H,3-4,14,16,18H2,1-2H3. The van der Waals surface area contributed by atoms with E-state index in [1.165, 1.54) is 16.7 Å². The third-order valence-electron chi connectivity index (χ3n) is 5.17. The Morgan fingerprint density at radius 3 is 2.44 bits per heavy atom. The predicted molar refractivity (Wildman–Crippen MR) is 112 cm³/mol. The van der Waals surface area contributed by atoms with Gasteiger partial charge in [-0.2, -0.15) is 0 Å². The fourth-order valence-corrected chi connectivity index (χ4v) is 3.83. The zero-order valence-electron chi connectivity index (χ0n) is 16.3. The van der Waals surface area contributed by atoms with E-state index in [0.29, 0.717) is 25.4 Å². The van der Waals surface area contributed by atoms with Gasteiger partial charge in [0.1, 0.15) is 11.5 Å². The average molecular weight is 360 g/mol. The molecule has 0 spiro atoms. The molecule has 0 saturated carbocycles. The average Bonchev–Trinajstić information content (AvgIpc) is 3.12. The minimum Gasteiger partial charge on any atom is -0.494 e. The predicted octanol–water partition coefficient (Wildman–Crippen LogP) is 6.03. The first kappa shape index (κ1) is 19.2. The van der Waals surface area contributed by atoms with Crippen molar-refractivity contribution in [3.8, 4) is 5.75 Å². The van der Waals surface area contributed by atoms with Crippen molar-refractivity contribution in [2.75, 3.05) is 6.61 Å². The van der Waals surface area contributed by atoms with E-state index in [0.717, 1.165) is 24.2 Å². The molecule has 1 unspecified atom stereocenters. The molecule has 2 heteroatoms. The molecule has 0 heterocycles. The molecule has 2 aromatic rings. The second-order valence-electron chi connectivity index (χ2n) is 6.95. The maximum Gasteiger partial charge on any atom is 0.137 e. The Labute approximate surface area is 162 Å². The molecule has 2 nitrogen and oxygen atoms in total. The number of Topliss-reactive ketones (excluding diaryl/α,β-unsaturated/α-hetero) is 1. The summed E-state index contributed by atoms with van der Waals surface area (Å²) in [6.07, 6.45) is 7.37. The first-order chi connectivity index (χ1) is 13.2. The van der Waals surface area contributed by atoms with Gasteiger partial charge in [0.25, 0.3) is 0 Å². The van der Waals surface area contributed by atoms with Gasteiger partial charge in [0.2, 0.25) is 0 Å². The smallest absolute Gasteiger partial charge is 0.137 e. The van der Waals surface area contributed by atoms with Gasteiger partial charge in [0.05, 0.1) is 6.61 Å². The van der Waals surface area contributed by atoms with Crippen LogP contribution in [0.25, 0.3) is 5.57 Å². The second-order valence-corrected chi connectivity index (χ2v) is 6.95. The SMILES string of the molecule is CCOc1ccccc1CC(=O)CCC1=CC=C(c2ccccc2)C1CC. The molecule has 140 valence electrons. The van der Waals surface area contributed by atoms with Crippen LogP contribution in [0.5, 0.6) is 5.75 Å². The first-order valence-electron chi connectivity index (χ1n) is 9.91. The first-order valence-corrected chi connectivity index (χ1v) is 9.91. The molecule has 0 radical (unpaired) electrons. The molecule has 1 aliphatic carbocycles. The van der Waals surface area contributed by atoms with E-state index in [1.54, 1.807) is 0 Å². The lowest BCUT2D eigenvalue weighted by Gasteiger charge is -2.18. The number of benzene rings is 2. The Bertz CT molecular complexity index is 830. The number of hydrogen-bond acceptors (Lipinski definition) is 2. The Morgan fingerprint density at radius 2 is 1.70 bits per heavy atom. The number of carbonyl (C=O) groups is 1. The van der Waals surface area contributed by atoms with Crippen molar-refractivity contribution in [3.63, 3.8) is 0 Å². The van der Waals surface area contributed by atoms with E-state index in [2.05, 4.69) is 43.3 Å². The number of hydrogen-bond donors (Lipinski definition) is 0. The van der Waals surface area contributed by atoms with E-state index in [1.807, 2.05) is 37.3 Å². The van der Waals surface area contributed by atoms with Gasteiger partial charge in [-0.3, -0.25) is 4.79 Å². The molecule has 1 aliphatic rings. The molecule has 0 fully saturated rings. The van der Waals surface area contributed by atoms with E-state index in [9.17, 15) is 4.79 Å². The Hall–Kier alpha value is -2.61. The highest BCUT2D eigenvalue weighted by Gasteiger charge is 2.23. The van der Waals surface area contributed by atoms with Crippen LogP contribution >= 0.6 is 0 Å². The van der Waals surface area contributed by atoms with Crippen molar-refractivity contribution >= 4 is 11.4 Å². The molecule has 3 rings (SSSR count). The van der Waals surface area contributed by atoms with Crippen molar-refractivity contribution in [1.82, 2.24) is 0 Å². The summed E-state index contributed by atoms with van der Waals surface area (Å²) in [7, 11) is 0. The molecule has 2 aromatic carbocycles. The summed E-state index contributed by atoms with van der Waals surface area (Å²) >= 11 is 0. The molecule has 0 bridgehead atoms. The lowest BCUT2D eigenvalue weighted by Crippen LogP contribution is -2.08. The summed E-state index contributed by atoms with van der Waals surface area (Å²) in [6, 6.07) is 18.4. The summed E-state index contributed by atoms with van der Waals surface area (Å²) in [6.45, 7) is 4.80. The van der Waals surface area contributed by atoms with Crippen molar-refractivity contribution in [3.05, 3.63) is 83.4 Å². The number of rotatable bonds is 9. The number of ketones is 1. The Kier molecular flexibility index (Phi) is 6.64. The minimum absolute atomic E-state index is 0.270. The topological polar surface area (TPSA) is 26.3 Å². The van der Waals surface area contributed by atoms with E-state index in [-0.39, 0.29) is 5.78 Å². The van der Waals surface area contributed by atoms with Crippen molar-refractivity contribution < 1.29 is 9.53 Å². The largest absolute Gasteiger partial charge is 0.494 e. The molecule has 0 N–H and O–H groups in total. The number of carbonyl (C=O) groups excluding carboxylic acids is 1. The van der Waals surface area contributed by atoms with Gasteiger partial charge in [-0.1, -0.05) is 73.2 Å². The monoisotopic (exact) mass is 360 g/mol. The van der Waals surface area contributed by atoms with Gasteiger partial charge in [0, 0.05) is 24.3 Å². The van der Waals surface area contributed by atoms with Gasteiger partial charge in [-0.05, 0) is 37.0 Å². The summed E-state index contributed by atoms with van der Waals surface area (Å²) in [5.41, 5.74) is 5.03. The molecule has 0 aliphatic heterocycles. The zero-order valence-corrected chi connectivity index (χ0v) is 16.3. The quantitative estimate of drug-likeness (QED) is 0.546.